The Balaban J connectivity index is 3.04. The normalized spacial score (nSPS) is 12.6. The average Bonchev–Trinajstić information content (AvgIpc) is 2.25. The molecule has 1 rings (SSSR count). The lowest BCUT2D eigenvalue weighted by Crippen LogP contribution is -2.44. The van der Waals surface area contributed by atoms with E-state index in [1.54, 1.807) is 4.90 Å². The van der Waals surface area contributed by atoms with E-state index < -0.39 is 0 Å². The van der Waals surface area contributed by atoms with Gasteiger partial charge in [-0.1, -0.05) is 32.0 Å². The molecule has 1 unspecified atom stereocenters. The molecule has 0 bridgehead atoms. The second kappa shape index (κ2) is 5.66. The van der Waals surface area contributed by atoms with Crippen LogP contribution in [0.5, 0.6) is 0 Å². The second-order valence-corrected chi connectivity index (χ2v) is 4.22. The largest absolute Gasteiger partial charge is 0.394 e. The van der Waals surface area contributed by atoms with E-state index in [4.69, 9.17) is 0 Å². The number of rotatable bonds is 4. The Morgan fingerprint density at radius 2 is 1.88 bits per heavy atom. The molecular weight excluding hydrogens is 202 g/mol. The van der Waals surface area contributed by atoms with Crippen molar-refractivity contribution < 1.29 is 9.90 Å². The molecule has 0 heterocycles. The first-order valence-electron chi connectivity index (χ1n) is 5.53. The van der Waals surface area contributed by atoms with E-state index in [-0.39, 0.29) is 24.5 Å². The van der Waals surface area contributed by atoms with Gasteiger partial charge in [0.25, 0.3) is 0 Å². The summed E-state index contributed by atoms with van der Waals surface area (Å²) in [6.07, 6.45) is 0. The maximum Gasteiger partial charge on any atom is 0.224 e. The molecule has 0 aromatic heterocycles. The summed E-state index contributed by atoms with van der Waals surface area (Å²) in [5.41, 5.74) is 0.836. The van der Waals surface area contributed by atoms with Crippen LogP contribution in [0.2, 0.25) is 0 Å². The summed E-state index contributed by atoms with van der Waals surface area (Å²) in [5, 5.41) is 9.38. The van der Waals surface area contributed by atoms with Crippen molar-refractivity contribution >= 4 is 11.6 Å². The molecule has 3 nitrogen and oxygen atoms in total. The standard InChI is InChI=1S/C13H19NO2/c1-10(2)13(9-15)14(11(3)16)12-7-5-4-6-8-12/h4-8,10,13,15H,9H2,1-3H3. The van der Waals surface area contributed by atoms with E-state index >= 15 is 0 Å². The van der Waals surface area contributed by atoms with Crippen molar-refractivity contribution in [1.82, 2.24) is 0 Å². The second-order valence-electron chi connectivity index (χ2n) is 4.22. The fourth-order valence-corrected chi connectivity index (χ4v) is 1.79. The number of para-hydroxylation sites is 1. The van der Waals surface area contributed by atoms with Crippen molar-refractivity contribution in [3.8, 4) is 0 Å². The van der Waals surface area contributed by atoms with E-state index in [9.17, 15) is 9.90 Å². The average molecular weight is 221 g/mol. The predicted molar refractivity (Wildman–Crippen MR) is 65.3 cm³/mol. The van der Waals surface area contributed by atoms with Crippen LogP contribution < -0.4 is 4.90 Å². The number of aliphatic hydroxyl groups excluding tert-OH is 1. The highest BCUT2D eigenvalue weighted by molar-refractivity contribution is 5.92. The van der Waals surface area contributed by atoms with Crippen LogP contribution >= 0.6 is 0 Å². The first-order chi connectivity index (χ1) is 7.57. The van der Waals surface area contributed by atoms with Crippen LogP contribution in [-0.4, -0.2) is 23.7 Å². The van der Waals surface area contributed by atoms with Crippen LogP contribution in [0.1, 0.15) is 20.8 Å². The number of anilines is 1. The zero-order valence-corrected chi connectivity index (χ0v) is 10.1. The number of carbonyl (C=O) groups is 1. The highest BCUT2D eigenvalue weighted by Gasteiger charge is 2.24. The van der Waals surface area contributed by atoms with Gasteiger partial charge in [0.15, 0.2) is 0 Å². The zero-order chi connectivity index (χ0) is 12.1. The SMILES string of the molecule is CC(=O)N(c1ccccc1)C(CO)C(C)C. The number of hydrogen-bond acceptors (Lipinski definition) is 2. The molecule has 3 heteroatoms. The van der Waals surface area contributed by atoms with Gasteiger partial charge in [0.1, 0.15) is 0 Å². The minimum atomic E-state index is -0.167. The van der Waals surface area contributed by atoms with E-state index in [0.717, 1.165) is 5.69 Å². The molecule has 1 N–H and O–H groups in total. The van der Waals surface area contributed by atoms with Gasteiger partial charge in [-0.05, 0) is 18.1 Å². The summed E-state index contributed by atoms with van der Waals surface area (Å²) in [7, 11) is 0. The summed E-state index contributed by atoms with van der Waals surface area (Å²) < 4.78 is 0. The minimum absolute atomic E-state index is 0.0217. The number of carbonyl (C=O) groups excluding carboxylic acids is 1. The maximum absolute atomic E-state index is 11.7. The fraction of sp³-hybridized carbons (Fsp3) is 0.462. The topological polar surface area (TPSA) is 40.5 Å². The number of amides is 1. The lowest BCUT2D eigenvalue weighted by Gasteiger charge is -2.32. The molecule has 1 aromatic carbocycles. The van der Waals surface area contributed by atoms with Gasteiger partial charge in [-0.3, -0.25) is 4.79 Å². The van der Waals surface area contributed by atoms with Crippen molar-refractivity contribution in [2.45, 2.75) is 26.8 Å². The summed E-state index contributed by atoms with van der Waals surface area (Å²) in [6.45, 7) is 5.50. The van der Waals surface area contributed by atoms with Gasteiger partial charge in [0.05, 0.1) is 12.6 Å². The summed E-state index contributed by atoms with van der Waals surface area (Å²) in [4.78, 5) is 13.3. The molecule has 0 spiro atoms. The molecule has 1 amide bonds. The number of benzene rings is 1. The fourth-order valence-electron chi connectivity index (χ4n) is 1.79. The third-order valence-electron chi connectivity index (χ3n) is 2.66. The van der Waals surface area contributed by atoms with Gasteiger partial charge in [-0.25, -0.2) is 0 Å². The molecule has 16 heavy (non-hydrogen) atoms. The highest BCUT2D eigenvalue weighted by Crippen LogP contribution is 2.20. The highest BCUT2D eigenvalue weighted by atomic mass is 16.3. The lowest BCUT2D eigenvalue weighted by atomic mass is 10.0. The molecule has 0 aliphatic heterocycles. The smallest absolute Gasteiger partial charge is 0.224 e. The zero-order valence-electron chi connectivity index (χ0n) is 10.1. The molecule has 0 radical (unpaired) electrons. The summed E-state index contributed by atoms with van der Waals surface area (Å²) >= 11 is 0. The third-order valence-corrected chi connectivity index (χ3v) is 2.66. The Hall–Kier alpha value is -1.35. The van der Waals surface area contributed by atoms with Crippen molar-refractivity contribution in [3.05, 3.63) is 30.3 Å². The Bertz CT molecular complexity index is 335. The molecule has 0 aliphatic carbocycles. The number of aliphatic hydroxyl groups is 1. The van der Waals surface area contributed by atoms with E-state index in [1.807, 2.05) is 44.2 Å². The van der Waals surface area contributed by atoms with Gasteiger partial charge in [0, 0.05) is 12.6 Å². The van der Waals surface area contributed by atoms with Crippen molar-refractivity contribution in [1.29, 1.82) is 0 Å². The van der Waals surface area contributed by atoms with Gasteiger partial charge < -0.3 is 10.0 Å². The first-order valence-corrected chi connectivity index (χ1v) is 5.53. The molecule has 1 atom stereocenters. The quantitative estimate of drug-likeness (QED) is 0.845. The van der Waals surface area contributed by atoms with Crippen LogP contribution in [0.4, 0.5) is 5.69 Å². The van der Waals surface area contributed by atoms with Crippen LogP contribution in [0.3, 0.4) is 0 Å². The van der Waals surface area contributed by atoms with E-state index in [0.29, 0.717) is 0 Å². The molecule has 1 aromatic rings. The molecule has 0 saturated heterocycles. The van der Waals surface area contributed by atoms with Crippen molar-refractivity contribution in [2.75, 3.05) is 11.5 Å². The van der Waals surface area contributed by atoms with Crippen LogP contribution in [0.25, 0.3) is 0 Å². The molecule has 0 fully saturated rings. The minimum Gasteiger partial charge on any atom is -0.394 e. The van der Waals surface area contributed by atoms with Gasteiger partial charge >= 0.3 is 0 Å². The van der Waals surface area contributed by atoms with E-state index in [2.05, 4.69) is 0 Å². The Kier molecular flexibility index (Phi) is 4.50. The molecule has 88 valence electrons. The summed E-state index contributed by atoms with van der Waals surface area (Å²) in [6, 6.07) is 9.28. The van der Waals surface area contributed by atoms with Gasteiger partial charge in [-0.2, -0.15) is 0 Å². The summed E-state index contributed by atoms with van der Waals surface area (Å²) in [5.74, 6) is 0.174. The van der Waals surface area contributed by atoms with Crippen molar-refractivity contribution in [3.63, 3.8) is 0 Å². The molecule has 0 saturated carbocycles. The third kappa shape index (κ3) is 2.83. The van der Waals surface area contributed by atoms with Crippen LogP contribution in [-0.2, 0) is 4.79 Å². The maximum atomic E-state index is 11.7. The van der Waals surface area contributed by atoms with Crippen LogP contribution in [0, 0.1) is 5.92 Å². The monoisotopic (exact) mass is 221 g/mol. The first kappa shape index (κ1) is 12.7. The molecule has 0 aliphatic rings. The predicted octanol–water partition coefficient (Wildman–Crippen LogP) is 2.06. The Morgan fingerprint density at radius 3 is 2.25 bits per heavy atom. The number of nitrogens with zero attached hydrogens (tertiary/aromatic N) is 1. The lowest BCUT2D eigenvalue weighted by molar-refractivity contribution is -0.117. The van der Waals surface area contributed by atoms with Gasteiger partial charge in [-0.15, -0.1) is 0 Å². The van der Waals surface area contributed by atoms with Gasteiger partial charge in [0.2, 0.25) is 5.91 Å². The Morgan fingerprint density at radius 1 is 1.31 bits per heavy atom. The van der Waals surface area contributed by atoms with Crippen LogP contribution in [0.15, 0.2) is 30.3 Å². The molecular formula is C13H19NO2. The number of hydrogen-bond donors (Lipinski definition) is 1. The Labute approximate surface area is 96.7 Å². The van der Waals surface area contributed by atoms with E-state index in [1.165, 1.54) is 6.92 Å². The van der Waals surface area contributed by atoms with Crippen molar-refractivity contribution in [2.24, 2.45) is 5.92 Å².